The van der Waals surface area contributed by atoms with Crippen LogP contribution in [-0.2, 0) is 0 Å². The van der Waals surface area contributed by atoms with Crippen LogP contribution in [0.2, 0.25) is 0 Å². The Hall–Kier alpha value is -3.22. The molecule has 2 heterocycles. The second-order valence-electron chi connectivity index (χ2n) is 6.59. The normalized spacial score (nSPS) is 18.2. The van der Waals surface area contributed by atoms with Crippen molar-refractivity contribution in [2.75, 3.05) is 31.1 Å². The lowest BCUT2D eigenvalue weighted by Crippen LogP contribution is -2.40. The van der Waals surface area contributed by atoms with E-state index in [1.54, 1.807) is 17.0 Å². The summed E-state index contributed by atoms with van der Waals surface area (Å²) in [7, 11) is 0. The smallest absolute Gasteiger partial charge is 0.322 e. The predicted octanol–water partition coefficient (Wildman–Crippen LogP) is 2.09. The van der Waals surface area contributed by atoms with E-state index < -0.39 is 0 Å². The fraction of sp³-hybridized carbons (Fsp3) is 0.300. The number of benzene rings is 2. The molecule has 1 atom stereocenters. The third kappa shape index (κ3) is 3.53. The van der Waals surface area contributed by atoms with Gasteiger partial charge in [-0.15, -0.1) is 0 Å². The van der Waals surface area contributed by atoms with Crippen molar-refractivity contribution in [3.8, 4) is 11.5 Å². The van der Waals surface area contributed by atoms with Crippen LogP contribution in [0, 0.1) is 6.92 Å². The number of hydrogen-bond acceptors (Lipinski definition) is 4. The van der Waals surface area contributed by atoms with Gasteiger partial charge in [0.2, 0.25) is 0 Å². The van der Waals surface area contributed by atoms with E-state index >= 15 is 0 Å². The Morgan fingerprint density at radius 1 is 1.26 bits per heavy atom. The zero-order valence-electron chi connectivity index (χ0n) is 15.0. The Balaban J connectivity index is 1.41. The van der Waals surface area contributed by atoms with E-state index in [4.69, 9.17) is 9.47 Å². The number of aryl methyl sites for hydroxylation is 1. The van der Waals surface area contributed by atoms with E-state index in [1.807, 2.05) is 37.3 Å². The highest BCUT2D eigenvalue weighted by Gasteiger charge is 2.24. The van der Waals surface area contributed by atoms with Crippen LogP contribution in [0.4, 0.5) is 10.5 Å². The zero-order chi connectivity index (χ0) is 18.8. The fourth-order valence-corrected chi connectivity index (χ4v) is 3.22. The van der Waals surface area contributed by atoms with E-state index in [9.17, 15) is 9.59 Å². The first kappa shape index (κ1) is 17.2. The van der Waals surface area contributed by atoms with Crippen LogP contribution in [-0.4, -0.2) is 44.3 Å². The maximum absolute atomic E-state index is 12.6. The second kappa shape index (κ2) is 7.19. The highest BCUT2D eigenvalue weighted by atomic mass is 16.6. The van der Waals surface area contributed by atoms with E-state index in [1.165, 1.54) is 0 Å². The van der Waals surface area contributed by atoms with Gasteiger partial charge in [0, 0.05) is 24.3 Å². The quantitative estimate of drug-likeness (QED) is 0.867. The molecule has 2 aromatic carbocycles. The Kier molecular flexibility index (Phi) is 4.58. The maximum Gasteiger partial charge on any atom is 0.322 e. The number of para-hydroxylation sites is 2. The number of carbonyl (C=O) groups excluding carboxylic acids is 2. The Morgan fingerprint density at radius 3 is 2.85 bits per heavy atom. The molecule has 27 heavy (non-hydrogen) atoms. The first-order valence-corrected chi connectivity index (χ1v) is 8.94. The van der Waals surface area contributed by atoms with Gasteiger partial charge in [-0.2, -0.15) is 0 Å². The number of nitrogens with one attached hydrogen (secondary N) is 2. The molecule has 1 fully saturated rings. The summed E-state index contributed by atoms with van der Waals surface area (Å²) in [5.74, 6) is 1.19. The third-order valence-electron chi connectivity index (χ3n) is 4.68. The van der Waals surface area contributed by atoms with Crippen molar-refractivity contribution in [2.24, 2.45) is 0 Å². The van der Waals surface area contributed by atoms with Gasteiger partial charge in [0.1, 0.15) is 12.7 Å². The number of fused-ring (bicyclic) bond motifs is 1. The molecule has 4 rings (SSSR count). The minimum absolute atomic E-state index is 0.137. The first-order valence-electron chi connectivity index (χ1n) is 8.94. The molecule has 140 valence electrons. The minimum atomic E-state index is -0.252. The average Bonchev–Trinajstić information content (AvgIpc) is 3.12. The highest BCUT2D eigenvalue weighted by molar-refractivity contribution is 5.99. The lowest BCUT2D eigenvalue weighted by Gasteiger charge is -2.26. The van der Waals surface area contributed by atoms with Crippen LogP contribution in [0.25, 0.3) is 0 Å². The summed E-state index contributed by atoms with van der Waals surface area (Å²) in [6.07, 6.45) is -0.252. The van der Waals surface area contributed by atoms with Crippen molar-refractivity contribution in [1.82, 2.24) is 10.6 Å². The predicted molar refractivity (Wildman–Crippen MR) is 101 cm³/mol. The molecule has 0 saturated carbocycles. The monoisotopic (exact) mass is 367 g/mol. The topological polar surface area (TPSA) is 79.9 Å². The van der Waals surface area contributed by atoms with Gasteiger partial charge in [0.15, 0.2) is 11.5 Å². The van der Waals surface area contributed by atoms with Crippen LogP contribution in [0.1, 0.15) is 15.9 Å². The summed E-state index contributed by atoms with van der Waals surface area (Å²) in [4.78, 5) is 26.1. The number of anilines is 1. The number of amides is 3. The molecule has 0 aliphatic carbocycles. The first-order chi connectivity index (χ1) is 13.1. The fourth-order valence-electron chi connectivity index (χ4n) is 3.22. The summed E-state index contributed by atoms with van der Waals surface area (Å²) in [5.41, 5.74) is 2.21. The standard InChI is InChI=1S/C20H21N3O4/c1-13-6-7-14(10-16(13)23-9-8-21-20(23)25)19(24)22-11-15-12-26-17-4-2-3-5-18(17)27-15/h2-7,10,15H,8-9,11-12H2,1H3,(H,21,25)(H,22,24)/t15-/m1/s1. The van der Waals surface area contributed by atoms with Crippen molar-refractivity contribution in [3.63, 3.8) is 0 Å². The molecular formula is C20H21N3O4. The molecule has 7 nitrogen and oxygen atoms in total. The molecule has 2 aromatic rings. The largest absolute Gasteiger partial charge is 0.486 e. The highest BCUT2D eigenvalue weighted by Crippen LogP contribution is 2.30. The van der Waals surface area contributed by atoms with Crippen molar-refractivity contribution in [3.05, 3.63) is 53.6 Å². The molecule has 3 amide bonds. The maximum atomic E-state index is 12.6. The van der Waals surface area contributed by atoms with Gasteiger partial charge in [-0.3, -0.25) is 9.69 Å². The van der Waals surface area contributed by atoms with Gasteiger partial charge in [-0.05, 0) is 36.8 Å². The van der Waals surface area contributed by atoms with Gasteiger partial charge in [0.25, 0.3) is 5.91 Å². The molecule has 2 aliphatic rings. The Bertz CT molecular complexity index is 883. The lowest BCUT2D eigenvalue weighted by molar-refractivity contribution is 0.0789. The zero-order valence-corrected chi connectivity index (χ0v) is 15.0. The molecular weight excluding hydrogens is 346 g/mol. The number of hydrogen-bond donors (Lipinski definition) is 2. The lowest BCUT2D eigenvalue weighted by atomic mass is 10.1. The van der Waals surface area contributed by atoms with Gasteiger partial charge >= 0.3 is 6.03 Å². The van der Waals surface area contributed by atoms with Gasteiger partial charge in [0.05, 0.1) is 6.54 Å². The van der Waals surface area contributed by atoms with Crippen LogP contribution in [0.5, 0.6) is 11.5 Å². The number of nitrogens with zero attached hydrogens (tertiary/aromatic N) is 1. The molecule has 2 aliphatic heterocycles. The van der Waals surface area contributed by atoms with Gasteiger partial charge in [-0.1, -0.05) is 18.2 Å². The molecule has 0 spiro atoms. The van der Waals surface area contributed by atoms with Crippen LogP contribution >= 0.6 is 0 Å². The minimum Gasteiger partial charge on any atom is -0.486 e. The SMILES string of the molecule is Cc1ccc(C(=O)NC[C@@H]2COc3ccccc3O2)cc1N1CCNC1=O. The molecule has 0 aromatic heterocycles. The average molecular weight is 367 g/mol. The van der Waals surface area contributed by atoms with Crippen molar-refractivity contribution < 1.29 is 19.1 Å². The summed E-state index contributed by atoms with van der Waals surface area (Å²) in [6.45, 7) is 3.84. The molecule has 0 unspecified atom stereocenters. The second-order valence-corrected chi connectivity index (χ2v) is 6.59. The summed E-state index contributed by atoms with van der Waals surface area (Å²) >= 11 is 0. The van der Waals surface area contributed by atoms with E-state index in [-0.39, 0.29) is 18.0 Å². The van der Waals surface area contributed by atoms with Gasteiger partial charge < -0.3 is 20.1 Å². The Morgan fingerprint density at radius 2 is 2.07 bits per heavy atom. The molecule has 0 radical (unpaired) electrons. The van der Waals surface area contributed by atoms with Crippen molar-refractivity contribution >= 4 is 17.6 Å². The third-order valence-corrected chi connectivity index (χ3v) is 4.68. The number of rotatable bonds is 4. The summed E-state index contributed by atoms with van der Waals surface area (Å²) < 4.78 is 11.5. The van der Waals surface area contributed by atoms with Crippen LogP contribution in [0.15, 0.2) is 42.5 Å². The van der Waals surface area contributed by atoms with Crippen molar-refractivity contribution in [1.29, 1.82) is 0 Å². The van der Waals surface area contributed by atoms with E-state index in [0.29, 0.717) is 43.3 Å². The molecule has 7 heteroatoms. The van der Waals surface area contributed by atoms with Gasteiger partial charge in [-0.25, -0.2) is 4.79 Å². The summed E-state index contributed by atoms with van der Waals surface area (Å²) in [6, 6.07) is 12.7. The number of carbonyl (C=O) groups is 2. The molecule has 2 N–H and O–H groups in total. The van der Waals surface area contributed by atoms with E-state index in [2.05, 4.69) is 10.6 Å². The van der Waals surface area contributed by atoms with Crippen molar-refractivity contribution in [2.45, 2.75) is 13.0 Å². The van der Waals surface area contributed by atoms with E-state index in [0.717, 1.165) is 11.3 Å². The number of ether oxygens (including phenoxy) is 2. The Labute approximate surface area is 157 Å². The number of urea groups is 1. The summed E-state index contributed by atoms with van der Waals surface area (Å²) in [5, 5.41) is 5.66. The van der Waals surface area contributed by atoms with Crippen LogP contribution in [0.3, 0.4) is 0 Å². The molecule has 0 bridgehead atoms. The molecule has 1 saturated heterocycles. The van der Waals surface area contributed by atoms with Crippen LogP contribution < -0.4 is 25.0 Å².